The molecule has 5 nitrogen and oxygen atoms in total. The summed E-state index contributed by atoms with van der Waals surface area (Å²) in [5.41, 5.74) is 0. The first-order chi connectivity index (χ1) is 12.0. The molecule has 1 heterocycles. The summed E-state index contributed by atoms with van der Waals surface area (Å²) in [5.74, 6) is 1.50. The highest BCUT2D eigenvalue weighted by Gasteiger charge is 2.32. The van der Waals surface area contributed by atoms with Gasteiger partial charge in [0.2, 0.25) is 10.0 Å². The van der Waals surface area contributed by atoms with Gasteiger partial charge in [0, 0.05) is 18.1 Å². The molecule has 0 bridgehead atoms. The van der Waals surface area contributed by atoms with Crippen molar-refractivity contribution in [3.63, 3.8) is 0 Å². The highest BCUT2D eigenvalue weighted by Crippen LogP contribution is 2.33. The minimum absolute atomic E-state index is 0.200. The average Bonchev–Trinajstić information content (AvgIpc) is 2.55. The third-order valence-electron chi connectivity index (χ3n) is 5.29. The summed E-state index contributed by atoms with van der Waals surface area (Å²) in [6.07, 6.45) is 5.31. The van der Waals surface area contributed by atoms with E-state index in [1.54, 1.807) is 16.4 Å². The number of nitrogens with one attached hydrogen (secondary N) is 1. The molecular formula is C18H27ClN2O3S. The topological polar surface area (TPSA) is 58.6 Å². The van der Waals surface area contributed by atoms with Crippen LogP contribution in [0.15, 0.2) is 23.1 Å². The monoisotopic (exact) mass is 386 g/mol. The fraction of sp³-hybridized carbons (Fsp3) is 0.667. The van der Waals surface area contributed by atoms with Crippen LogP contribution in [0.2, 0.25) is 5.02 Å². The highest BCUT2D eigenvalue weighted by molar-refractivity contribution is 7.89. The lowest BCUT2D eigenvalue weighted by Crippen LogP contribution is -2.40. The van der Waals surface area contributed by atoms with Crippen molar-refractivity contribution in [1.82, 2.24) is 9.62 Å². The predicted octanol–water partition coefficient (Wildman–Crippen LogP) is 3.14. The minimum atomic E-state index is -3.59. The lowest BCUT2D eigenvalue weighted by molar-refractivity contribution is 0.177. The van der Waals surface area contributed by atoms with Gasteiger partial charge in [-0.25, -0.2) is 8.42 Å². The summed E-state index contributed by atoms with van der Waals surface area (Å²) >= 11 is 6.08. The lowest BCUT2D eigenvalue weighted by atomic mass is 9.86. The number of benzene rings is 1. The number of hydrogen-bond acceptors (Lipinski definition) is 4. The quantitative estimate of drug-likeness (QED) is 0.782. The van der Waals surface area contributed by atoms with Crippen molar-refractivity contribution >= 4 is 21.6 Å². The van der Waals surface area contributed by atoms with Crippen LogP contribution < -0.4 is 10.1 Å². The zero-order valence-electron chi connectivity index (χ0n) is 14.7. The Labute approximate surface area is 155 Å². The first-order valence-corrected chi connectivity index (χ1v) is 10.9. The Hall–Kier alpha value is -0.820. The van der Waals surface area contributed by atoms with E-state index >= 15 is 0 Å². The molecule has 1 saturated carbocycles. The molecule has 0 spiro atoms. The van der Waals surface area contributed by atoms with Crippen molar-refractivity contribution < 1.29 is 13.2 Å². The average molecular weight is 387 g/mol. The van der Waals surface area contributed by atoms with Crippen LogP contribution in [0, 0.1) is 11.8 Å². The number of rotatable bonds is 7. The highest BCUT2D eigenvalue weighted by atomic mass is 35.5. The third-order valence-corrected chi connectivity index (χ3v) is 7.44. The Balaban J connectivity index is 1.75. The van der Waals surface area contributed by atoms with Crippen molar-refractivity contribution in [1.29, 1.82) is 0 Å². The summed E-state index contributed by atoms with van der Waals surface area (Å²) in [5, 5.41) is 3.59. The predicted molar refractivity (Wildman–Crippen MR) is 99.7 cm³/mol. The third kappa shape index (κ3) is 4.48. The standard InChI is InChI=1S/C18H27ClN2O3S/c1-20-12-14-7-9-21(10-8-14)25(22,23)18-11-16(19)5-6-17(18)24-13-15-3-2-4-15/h5-6,11,14-15,20H,2-4,7-10,12-13H2,1H3. The fourth-order valence-corrected chi connectivity index (χ4v) is 5.31. The molecular weight excluding hydrogens is 360 g/mol. The molecule has 0 amide bonds. The van der Waals surface area contributed by atoms with Gasteiger partial charge in [0.1, 0.15) is 10.6 Å². The van der Waals surface area contributed by atoms with E-state index in [2.05, 4.69) is 5.32 Å². The van der Waals surface area contributed by atoms with Gasteiger partial charge in [0.15, 0.2) is 0 Å². The van der Waals surface area contributed by atoms with Crippen molar-refractivity contribution in [2.24, 2.45) is 11.8 Å². The largest absolute Gasteiger partial charge is 0.492 e. The van der Waals surface area contributed by atoms with Crippen LogP contribution in [-0.4, -0.2) is 46.0 Å². The molecule has 25 heavy (non-hydrogen) atoms. The molecule has 1 aliphatic heterocycles. The number of halogens is 1. The molecule has 0 atom stereocenters. The lowest BCUT2D eigenvalue weighted by Gasteiger charge is -2.32. The van der Waals surface area contributed by atoms with Crippen LogP contribution in [0.1, 0.15) is 32.1 Å². The van der Waals surface area contributed by atoms with E-state index in [4.69, 9.17) is 16.3 Å². The van der Waals surface area contributed by atoms with E-state index in [-0.39, 0.29) is 4.90 Å². The van der Waals surface area contributed by atoms with Gasteiger partial charge in [0.05, 0.1) is 6.61 Å². The molecule has 1 aliphatic carbocycles. The molecule has 2 fully saturated rings. The number of hydrogen-bond donors (Lipinski definition) is 1. The normalized spacial score (nSPS) is 20.4. The Morgan fingerprint density at radius 2 is 1.92 bits per heavy atom. The summed E-state index contributed by atoms with van der Waals surface area (Å²) in [6.45, 7) is 2.60. The van der Waals surface area contributed by atoms with Gasteiger partial charge >= 0.3 is 0 Å². The van der Waals surface area contributed by atoms with Crippen LogP contribution in [0.5, 0.6) is 5.75 Å². The summed E-state index contributed by atoms with van der Waals surface area (Å²) in [4.78, 5) is 0.200. The second kappa shape index (κ2) is 8.25. The second-order valence-electron chi connectivity index (χ2n) is 7.10. The zero-order valence-corrected chi connectivity index (χ0v) is 16.3. The number of ether oxygens (including phenoxy) is 1. The van der Waals surface area contributed by atoms with Crippen molar-refractivity contribution in [2.75, 3.05) is 33.3 Å². The molecule has 0 unspecified atom stereocenters. The molecule has 3 rings (SSSR count). The van der Waals surface area contributed by atoms with E-state index in [9.17, 15) is 8.42 Å². The zero-order chi connectivity index (χ0) is 17.9. The van der Waals surface area contributed by atoms with Gasteiger partial charge in [-0.15, -0.1) is 0 Å². The molecule has 0 radical (unpaired) electrons. The van der Waals surface area contributed by atoms with Crippen LogP contribution in [0.25, 0.3) is 0 Å². The van der Waals surface area contributed by atoms with Gasteiger partial charge in [0.25, 0.3) is 0 Å². The van der Waals surface area contributed by atoms with E-state index in [1.807, 2.05) is 7.05 Å². The fourth-order valence-electron chi connectivity index (χ4n) is 3.45. The maximum absolute atomic E-state index is 13.1. The molecule has 1 saturated heterocycles. The molecule has 1 N–H and O–H groups in total. The van der Waals surface area contributed by atoms with Crippen LogP contribution in [-0.2, 0) is 10.0 Å². The molecule has 140 valence electrons. The Kier molecular flexibility index (Phi) is 6.25. The van der Waals surface area contributed by atoms with Gasteiger partial charge in [-0.3, -0.25) is 0 Å². The van der Waals surface area contributed by atoms with Crippen LogP contribution in [0.4, 0.5) is 0 Å². The molecule has 1 aromatic rings. The van der Waals surface area contributed by atoms with Gasteiger partial charge in [-0.2, -0.15) is 4.31 Å². The maximum Gasteiger partial charge on any atom is 0.246 e. The SMILES string of the molecule is CNCC1CCN(S(=O)(=O)c2cc(Cl)ccc2OCC2CCC2)CC1. The Morgan fingerprint density at radius 3 is 2.52 bits per heavy atom. The maximum atomic E-state index is 13.1. The van der Waals surface area contributed by atoms with Crippen molar-refractivity contribution in [3.8, 4) is 5.75 Å². The smallest absolute Gasteiger partial charge is 0.246 e. The summed E-state index contributed by atoms with van der Waals surface area (Å²) in [7, 11) is -1.66. The van der Waals surface area contributed by atoms with E-state index in [0.29, 0.717) is 42.3 Å². The van der Waals surface area contributed by atoms with Crippen molar-refractivity contribution in [3.05, 3.63) is 23.2 Å². The molecule has 1 aromatic carbocycles. The summed E-state index contributed by atoms with van der Waals surface area (Å²) < 4.78 is 33.7. The molecule has 2 aliphatic rings. The second-order valence-corrected chi connectivity index (χ2v) is 9.45. The van der Waals surface area contributed by atoms with Gasteiger partial charge < -0.3 is 10.1 Å². The number of piperidine rings is 1. The first-order valence-electron chi connectivity index (χ1n) is 9.08. The van der Waals surface area contributed by atoms with E-state index in [1.165, 1.54) is 12.5 Å². The number of nitrogens with zero attached hydrogens (tertiary/aromatic N) is 1. The Morgan fingerprint density at radius 1 is 1.20 bits per heavy atom. The summed E-state index contributed by atoms with van der Waals surface area (Å²) in [6, 6.07) is 4.89. The first kappa shape index (κ1) is 19.0. The van der Waals surface area contributed by atoms with Crippen LogP contribution in [0.3, 0.4) is 0 Å². The van der Waals surface area contributed by atoms with E-state index < -0.39 is 10.0 Å². The minimum Gasteiger partial charge on any atom is -0.492 e. The molecule has 7 heteroatoms. The molecule has 0 aromatic heterocycles. The van der Waals surface area contributed by atoms with Crippen LogP contribution >= 0.6 is 11.6 Å². The number of sulfonamides is 1. The van der Waals surface area contributed by atoms with Gasteiger partial charge in [-0.05, 0) is 69.3 Å². The van der Waals surface area contributed by atoms with Crippen molar-refractivity contribution in [2.45, 2.75) is 37.0 Å². The van der Waals surface area contributed by atoms with E-state index in [0.717, 1.165) is 32.2 Å². The Bertz CT molecular complexity index is 684. The van der Waals surface area contributed by atoms with Gasteiger partial charge in [-0.1, -0.05) is 18.0 Å².